The van der Waals surface area contributed by atoms with Crippen molar-refractivity contribution < 1.29 is 17.9 Å². The van der Waals surface area contributed by atoms with E-state index in [2.05, 4.69) is 11.3 Å². The first kappa shape index (κ1) is 20.0. The number of ether oxygens (including phenoxy) is 1. The molecule has 0 spiro atoms. The van der Waals surface area contributed by atoms with E-state index in [1.54, 1.807) is 20.8 Å². The van der Waals surface area contributed by atoms with Gasteiger partial charge in [-0.05, 0) is 50.9 Å². The second-order valence-corrected chi connectivity index (χ2v) is 10.8. The van der Waals surface area contributed by atoms with Crippen LogP contribution in [0.1, 0.15) is 67.7 Å². The topological polar surface area (TPSA) is 72.5 Å². The molecule has 23 heavy (non-hydrogen) atoms. The normalized spacial score (nSPS) is 18.2. The fourth-order valence-corrected chi connectivity index (χ4v) is 5.20. The van der Waals surface area contributed by atoms with E-state index in [1.807, 2.05) is 33.8 Å². The third-order valence-corrected chi connectivity index (χ3v) is 6.94. The van der Waals surface area contributed by atoms with Gasteiger partial charge in [0.05, 0.1) is 4.75 Å². The Bertz CT molecular complexity index is 578. The molecule has 0 aromatic rings. The maximum absolute atomic E-state index is 12.8. The van der Waals surface area contributed by atoms with Crippen LogP contribution in [0.4, 0.5) is 4.79 Å². The minimum Gasteiger partial charge on any atom is -0.443 e. The zero-order valence-electron chi connectivity index (χ0n) is 15.4. The van der Waals surface area contributed by atoms with Gasteiger partial charge in [-0.25, -0.2) is 17.9 Å². The summed E-state index contributed by atoms with van der Waals surface area (Å²) in [5, 5.41) is 0. The molecule has 1 fully saturated rings. The molecule has 0 aromatic heterocycles. The van der Waals surface area contributed by atoms with Crippen molar-refractivity contribution >= 4 is 16.1 Å². The van der Waals surface area contributed by atoms with Crippen molar-refractivity contribution in [2.24, 2.45) is 10.8 Å². The van der Waals surface area contributed by atoms with Crippen LogP contribution >= 0.6 is 0 Å². The predicted molar refractivity (Wildman–Crippen MR) is 92.6 cm³/mol. The van der Waals surface area contributed by atoms with Crippen LogP contribution in [0.5, 0.6) is 0 Å². The molecule has 1 aliphatic carbocycles. The van der Waals surface area contributed by atoms with Gasteiger partial charge in [0.2, 0.25) is 10.0 Å². The van der Waals surface area contributed by atoms with Gasteiger partial charge in [0, 0.05) is 0 Å². The van der Waals surface area contributed by atoms with Crippen molar-refractivity contribution in [3.8, 4) is 0 Å². The summed E-state index contributed by atoms with van der Waals surface area (Å²) in [6.45, 7) is 16.9. The Hall–Kier alpha value is -1.04. The van der Waals surface area contributed by atoms with Gasteiger partial charge in [-0.15, -0.1) is 6.58 Å². The van der Waals surface area contributed by atoms with Crippen LogP contribution in [0.25, 0.3) is 0 Å². The number of rotatable bonds is 6. The number of amides is 1. The molecule has 0 unspecified atom stereocenters. The van der Waals surface area contributed by atoms with Crippen molar-refractivity contribution in [1.29, 1.82) is 0 Å². The molecule has 1 aliphatic rings. The van der Waals surface area contributed by atoms with Crippen LogP contribution in [-0.4, -0.2) is 24.9 Å². The Balaban J connectivity index is 2.99. The number of carbonyl (C=O) groups excluding carboxylic acids is 1. The minimum atomic E-state index is -3.82. The van der Waals surface area contributed by atoms with Gasteiger partial charge in [-0.2, -0.15) is 0 Å². The lowest BCUT2D eigenvalue weighted by Gasteiger charge is -2.39. The molecule has 0 radical (unpaired) electrons. The van der Waals surface area contributed by atoms with Crippen molar-refractivity contribution in [2.45, 2.75) is 78.1 Å². The summed E-state index contributed by atoms with van der Waals surface area (Å²) < 4.78 is 31.9. The Morgan fingerprint density at radius 1 is 1.17 bits per heavy atom. The molecule has 6 heteroatoms. The van der Waals surface area contributed by atoms with Crippen LogP contribution in [0.15, 0.2) is 12.7 Å². The van der Waals surface area contributed by atoms with Gasteiger partial charge >= 0.3 is 6.09 Å². The van der Waals surface area contributed by atoms with Crippen molar-refractivity contribution in [3.63, 3.8) is 0 Å². The fraction of sp³-hybridized carbons (Fsp3) is 0.824. The molecule has 5 nitrogen and oxygen atoms in total. The second kappa shape index (κ2) is 5.80. The van der Waals surface area contributed by atoms with Gasteiger partial charge in [0.1, 0.15) is 5.60 Å². The number of hydrogen-bond donors (Lipinski definition) is 1. The van der Waals surface area contributed by atoms with Crippen molar-refractivity contribution in [1.82, 2.24) is 4.72 Å². The highest BCUT2D eigenvalue weighted by Gasteiger charge is 2.64. The Morgan fingerprint density at radius 3 is 2.00 bits per heavy atom. The van der Waals surface area contributed by atoms with E-state index < -0.39 is 31.9 Å². The molecule has 1 amide bonds. The van der Waals surface area contributed by atoms with E-state index in [0.29, 0.717) is 19.3 Å². The molecule has 0 atom stereocenters. The van der Waals surface area contributed by atoms with Gasteiger partial charge in [0.25, 0.3) is 0 Å². The summed E-state index contributed by atoms with van der Waals surface area (Å²) in [6.07, 6.45) is 2.69. The van der Waals surface area contributed by atoms with Crippen LogP contribution in [0.3, 0.4) is 0 Å². The van der Waals surface area contributed by atoms with Gasteiger partial charge in [0.15, 0.2) is 0 Å². The van der Waals surface area contributed by atoms with E-state index in [-0.39, 0.29) is 5.41 Å². The number of carbonyl (C=O) groups is 1. The fourth-order valence-electron chi connectivity index (χ4n) is 3.30. The first-order valence-electron chi connectivity index (χ1n) is 7.97. The number of nitrogens with one attached hydrogen (secondary N) is 1. The Labute approximate surface area is 140 Å². The van der Waals surface area contributed by atoms with E-state index in [0.717, 1.165) is 0 Å². The summed E-state index contributed by atoms with van der Waals surface area (Å²) in [5.41, 5.74) is -1.41. The summed E-state index contributed by atoms with van der Waals surface area (Å²) >= 11 is 0. The third-order valence-electron chi connectivity index (χ3n) is 4.52. The molecular formula is C17H31NO4S. The summed E-state index contributed by atoms with van der Waals surface area (Å²) in [4.78, 5) is 11.9. The standard InChI is InChI=1S/C17H31NO4S/c1-9-15(5,6)12-16(7,8)17(10-11-17)23(20,21)18-13(19)22-14(2,3)4/h9H,1,10-12H2,2-8H3,(H,18,19). The van der Waals surface area contributed by atoms with Gasteiger partial charge < -0.3 is 4.74 Å². The molecule has 0 aliphatic heterocycles. The number of hydrogen-bond acceptors (Lipinski definition) is 4. The van der Waals surface area contributed by atoms with Crippen LogP contribution < -0.4 is 4.72 Å². The second-order valence-electron chi connectivity index (χ2n) is 8.86. The van der Waals surface area contributed by atoms with Crippen molar-refractivity contribution in [3.05, 3.63) is 12.7 Å². The minimum absolute atomic E-state index is 0.180. The summed E-state index contributed by atoms with van der Waals surface area (Å²) in [5.74, 6) is 0. The molecule has 1 rings (SSSR count). The highest BCUT2D eigenvalue weighted by molar-refractivity contribution is 7.91. The zero-order valence-corrected chi connectivity index (χ0v) is 16.3. The van der Waals surface area contributed by atoms with Gasteiger partial charge in [-0.3, -0.25) is 0 Å². The van der Waals surface area contributed by atoms with E-state index >= 15 is 0 Å². The predicted octanol–water partition coefficient (Wildman–Crippen LogP) is 4.00. The molecule has 0 bridgehead atoms. The molecule has 0 saturated heterocycles. The maximum atomic E-state index is 12.8. The average Bonchev–Trinajstić information content (AvgIpc) is 3.04. The highest BCUT2D eigenvalue weighted by atomic mass is 32.2. The molecular weight excluding hydrogens is 314 g/mol. The van der Waals surface area contributed by atoms with E-state index in [4.69, 9.17) is 4.74 Å². The lowest BCUT2D eigenvalue weighted by atomic mass is 9.72. The van der Waals surface area contributed by atoms with E-state index in [9.17, 15) is 13.2 Å². The third kappa shape index (κ3) is 4.49. The smallest absolute Gasteiger partial charge is 0.421 e. The van der Waals surface area contributed by atoms with Crippen LogP contribution in [0.2, 0.25) is 0 Å². The lowest BCUT2D eigenvalue weighted by Crippen LogP contribution is -2.49. The first-order chi connectivity index (χ1) is 10.1. The molecule has 134 valence electrons. The number of allylic oxidation sites excluding steroid dienone is 1. The molecule has 1 saturated carbocycles. The quantitative estimate of drug-likeness (QED) is 0.738. The Morgan fingerprint density at radius 2 is 1.65 bits per heavy atom. The average molecular weight is 346 g/mol. The van der Waals surface area contributed by atoms with E-state index in [1.165, 1.54) is 0 Å². The van der Waals surface area contributed by atoms with Crippen LogP contribution in [0, 0.1) is 10.8 Å². The van der Waals surface area contributed by atoms with Gasteiger partial charge in [-0.1, -0.05) is 33.8 Å². The summed E-state index contributed by atoms with van der Waals surface area (Å²) in [6, 6.07) is 0. The summed E-state index contributed by atoms with van der Waals surface area (Å²) in [7, 11) is -3.82. The first-order valence-corrected chi connectivity index (χ1v) is 9.45. The molecule has 1 N–H and O–H groups in total. The molecule has 0 heterocycles. The largest absolute Gasteiger partial charge is 0.443 e. The van der Waals surface area contributed by atoms with Crippen LogP contribution in [-0.2, 0) is 14.8 Å². The monoisotopic (exact) mass is 345 g/mol. The zero-order chi connectivity index (χ0) is 18.3. The number of sulfonamides is 1. The molecule has 0 aromatic carbocycles. The highest BCUT2D eigenvalue weighted by Crippen LogP contribution is 2.59. The maximum Gasteiger partial charge on any atom is 0.421 e. The lowest BCUT2D eigenvalue weighted by molar-refractivity contribution is 0.0568. The van der Waals surface area contributed by atoms with Crippen molar-refractivity contribution in [2.75, 3.05) is 0 Å². The Kier molecular flexibility index (Phi) is 5.04. The SMILES string of the molecule is C=CC(C)(C)CC(C)(C)C1(S(=O)(=O)NC(=O)OC(C)(C)C)CC1.